The highest BCUT2D eigenvalue weighted by atomic mass is 32.2. The summed E-state index contributed by atoms with van der Waals surface area (Å²) in [5, 5.41) is 20.2. The molecule has 0 amide bonds. The first-order valence-corrected chi connectivity index (χ1v) is 10.1. The van der Waals surface area contributed by atoms with Gasteiger partial charge in [0.05, 0.1) is 16.6 Å². The van der Waals surface area contributed by atoms with Gasteiger partial charge in [0.15, 0.2) is 9.84 Å². The van der Waals surface area contributed by atoms with Gasteiger partial charge in [-0.05, 0) is 43.2 Å². The molecule has 1 N–H and O–H groups in total. The molecule has 2 aromatic rings. The van der Waals surface area contributed by atoms with Gasteiger partial charge in [-0.1, -0.05) is 12.1 Å². The molecule has 0 aliphatic rings. The summed E-state index contributed by atoms with van der Waals surface area (Å²) in [6, 6.07) is 10.2. The molecule has 1 aromatic carbocycles. The number of aliphatic hydroxyl groups is 1. The van der Waals surface area contributed by atoms with Crippen molar-refractivity contribution in [3.63, 3.8) is 0 Å². The Morgan fingerprint density at radius 2 is 1.92 bits per heavy atom. The molecular formula is C17H18N2O3S2. The third-order valence-electron chi connectivity index (χ3n) is 3.49. The number of thioether (sulfide) groups is 1. The molecule has 1 heterocycles. The van der Waals surface area contributed by atoms with Crippen LogP contribution in [0.15, 0.2) is 40.3 Å². The van der Waals surface area contributed by atoms with Crippen molar-refractivity contribution in [2.24, 2.45) is 0 Å². The van der Waals surface area contributed by atoms with Crippen LogP contribution in [0.3, 0.4) is 0 Å². The van der Waals surface area contributed by atoms with E-state index in [1.165, 1.54) is 23.9 Å². The molecule has 0 spiro atoms. The number of hydrogen-bond donors (Lipinski definition) is 1. The Balaban J connectivity index is 2.14. The average molecular weight is 362 g/mol. The molecule has 0 saturated carbocycles. The van der Waals surface area contributed by atoms with E-state index in [1.807, 2.05) is 19.9 Å². The minimum absolute atomic E-state index is 0.217. The zero-order valence-electron chi connectivity index (χ0n) is 13.6. The zero-order chi connectivity index (χ0) is 17.9. The molecule has 0 aliphatic carbocycles. The first-order valence-electron chi connectivity index (χ1n) is 7.21. The Bertz CT molecular complexity index is 885. The predicted molar refractivity (Wildman–Crippen MR) is 93.7 cm³/mol. The molecule has 0 aliphatic heterocycles. The lowest BCUT2D eigenvalue weighted by atomic mass is 10.1. The van der Waals surface area contributed by atoms with Gasteiger partial charge in [-0.3, -0.25) is 0 Å². The first-order chi connectivity index (χ1) is 11.2. The number of aromatic nitrogens is 1. The molecule has 5 nitrogen and oxygen atoms in total. The molecule has 0 bridgehead atoms. The van der Waals surface area contributed by atoms with E-state index in [2.05, 4.69) is 11.1 Å². The fraction of sp³-hybridized carbons (Fsp3) is 0.294. The summed E-state index contributed by atoms with van der Waals surface area (Å²) in [4.78, 5) is 4.58. The highest BCUT2D eigenvalue weighted by Crippen LogP contribution is 2.28. The summed E-state index contributed by atoms with van der Waals surface area (Å²) in [5.41, 5.74) is 2.82. The number of pyridine rings is 1. The summed E-state index contributed by atoms with van der Waals surface area (Å²) < 4.78 is 22.9. The Labute approximate surface area is 146 Å². The van der Waals surface area contributed by atoms with Crippen molar-refractivity contribution in [2.45, 2.75) is 29.9 Å². The van der Waals surface area contributed by atoms with Gasteiger partial charge in [-0.2, -0.15) is 5.26 Å². The maximum absolute atomic E-state index is 11.5. The van der Waals surface area contributed by atoms with Gasteiger partial charge in [-0.25, -0.2) is 13.4 Å². The maximum atomic E-state index is 11.5. The highest BCUT2D eigenvalue weighted by Gasteiger charge is 2.14. The van der Waals surface area contributed by atoms with E-state index < -0.39 is 15.9 Å². The van der Waals surface area contributed by atoms with E-state index in [0.717, 1.165) is 17.5 Å². The van der Waals surface area contributed by atoms with E-state index in [4.69, 9.17) is 0 Å². The van der Waals surface area contributed by atoms with Crippen LogP contribution in [0.2, 0.25) is 0 Å². The molecule has 1 aromatic heterocycles. The maximum Gasteiger partial charge on any atom is 0.175 e. The molecule has 0 saturated heterocycles. The topological polar surface area (TPSA) is 91.0 Å². The van der Waals surface area contributed by atoms with Crippen LogP contribution in [0.4, 0.5) is 0 Å². The number of hydrogen-bond acceptors (Lipinski definition) is 6. The predicted octanol–water partition coefficient (Wildman–Crippen LogP) is 2.80. The van der Waals surface area contributed by atoms with Crippen molar-refractivity contribution in [1.29, 1.82) is 5.26 Å². The lowest BCUT2D eigenvalue weighted by Gasteiger charge is -2.12. The third kappa shape index (κ3) is 4.35. The Kier molecular flexibility index (Phi) is 5.65. The second kappa shape index (κ2) is 7.34. The van der Waals surface area contributed by atoms with E-state index in [-0.39, 0.29) is 4.90 Å². The largest absolute Gasteiger partial charge is 0.388 e. The molecule has 0 fully saturated rings. The van der Waals surface area contributed by atoms with Crippen LogP contribution in [0, 0.1) is 25.2 Å². The average Bonchev–Trinajstić information content (AvgIpc) is 2.51. The van der Waals surface area contributed by atoms with Gasteiger partial charge in [0.2, 0.25) is 0 Å². The molecule has 1 unspecified atom stereocenters. The first kappa shape index (κ1) is 18.5. The van der Waals surface area contributed by atoms with Crippen LogP contribution in [0.5, 0.6) is 0 Å². The third-order valence-corrected chi connectivity index (χ3v) is 5.67. The summed E-state index contributed by atoms with van der Waals surface area (Å²) >= 11 is 1.31. The Morgan fingerprint density at radius 3 is 2.46 bits per heavy atom. The fourth-order valence-corrected chi connectivity index (χ4v) is 3.93. The lowest BCUT2D eigenvalue weighted by Crippen LogP contribution is -2.04. The minimum atomic E-state index is -3.25. The van der Waals surface area contributed by atoms with Gasteiger partial charge in [0, 0.05) is 17.7 Å². The quantitative estimate of drug-likeness (QED) is 0.823. The van der Waals surface area contributed by atoms with Crippen molar-refractivity contribution in [3.8, 4) is 6.07 Å². The van der Waals surface area contributed by atoms with Crippen LogP contribution in [0.25, 0.3) is 0 Å². The number of nitriles is 1. The summed E-state index contributed by atoms with van der Waals surface area (Å²) in [6.07, 6.45) is 0.362. The fourth-order valence-electron chi connectivity index (χ4n) is 2.23. The molecule has 7 heteroatoms. The number of rotatable bonds is 5. The van der Waals surface area contributed by atoms with Gasteiger partial charge in [-0.15, -0.1) is 11.8 Å². The van der Waals surface area contributed by atoms with Crippen molar-refractivity contribution in [3.05, 3.63) is 52.7 Å². The van der Waals surface area contributed by atoms with Gasteiger partial charge < -0.3 is 5.11 Å². The van der Waals surface area contributed by atoms with Crippen LogP contribution in [0.1, 0.15) is 28.5 Å². The second-order valence-corrected chi connectivity index (χ2v) is 8.56. The number of nitrogens with zero attached hydrogens (tertiary/aromatic N) is 2. The molecule has 1 atom stereocenters. The van der Waals surface area contributed by atoms with E-state index in [1.54, 1.807) is 12.1 Å². The molecule has 0 radical (unpaired) electrons. The van der Waals surface area contributed by atoms with Crippen LogP contribution in [-0.4, -0.2) is 30.5 Å². The zero-order valence-corrected chi connectivity index (χ0v) is 15.3. The lowest BCUT2D eigenvalue weighted by molar-refractivity contribution is 0.204. The van der Waals surface area contributed by atoms with Gasteiger partial charge in [0.25, 0.3) is 0 Å². The summed E-state index contributed by atoms with van der Waals surface area (Å²) in [6.45, 7) is 3.72. The van der Waals surface area contributed by atoms with Crippen LogP contribution >= 0.6 is 11.8 Å². The molecule has 2 rings (SSSR count). The monoisotopic (exact) mass is 362 g/mol. The number of aryl methyl sites for hydroxylation is 2. The number of benzene rings is 1. The highest BCUT2D eigenvalue weighted by molar-refractivity contribution is 7.99. The SMILES string of the molecule is Cc1cc(C)c(C#N)c(SCC(O)c2ccc(S(C)(=O)=O)cc2)n1. The van der Waals surface area contributed by atoms with Crippen molar-refractivity contribution in [2.75, 3.05) is 12.0 Å². The van der Waals surface area contributed by atoms with Gasteiger partial charge >= 0.3 is 0 Å². The second-order valence-electron chi connectivity index (χ2n) is 5.54. The Morgan fingerprint density at radius 1 is 1.29 bits per heavy atom. The van der Waals surface area contributed by atoms with Crippen LogP contribution < -0.4 is 0 Å². The van der Waals surface area contributed by atoms with Crippen molar-refractivity contribution < 1.29 is 13.5 Å². The number of aliphatic hydroxyl groups excluding tert-OH is 1. The molecular weight excluding hydrogens is 344 g/mol. The van der Waals surface area contributed by atoms with Crippen molar-refractivity contribution in [1.82, 2.24) is 4.98 Å². The normalized spacial score (nSPS) is 12.6. The molecule has 126 valence electrons. The minimum Gasteiger partial charge on any atom is -0.388 e. The van der Waals surface area contributed by atoms with Crippen molar-refractivity contribution >= 4 is 21.6 Å². The van der Waals surface area contributed by atoms with E-state index in [9.17, 15) is 18.8 Å². The van der Waals surface area contributed by atoms with E-state index in [0.29, 0.717) is 21.9 Å². The summed E-state index contributed by atoms with van der Waals surface area (Å²) in [7, 11) is -3.25. The number of sulfone groups is 1. The van der Waals surface area contributed by atoms with E-state index >= 15 is 0 Å². The summed E-state index contributed by atoms with van der Waals surface area (Å²) in [5.74, 6) is 0.322. The standard InChI is InChI=1S/C17H18N2O3S2/c1-11-8-12(2)19-17(15(11)9-18)23-10-16(20)13-4-6-14(7-5-13)24(3,21)22/h4-8,16,20H,10H2,1-3H3. The van der Waals surface area contributed by atoms with Crippen LogP contribution in [-0.2, 0) is 9.84 Å². The van der Waals surface area contributed by atoms with Gasteiger partial charge in [0.1, 0.15) is 11.1 Å². The Hall–Kier alpha value is -1.88. The molecule has 24 heavy (non-hydrogen) atoms. The smallest absolute Gasteiger partial charge is 0.175 e.